The summed E-state index contributed by atoms with van der Waals surface area (Å²) >= 11 is 0. The average Bonchev–Trinajstić information content (AvgIpc) is 2.93. The standard InChI is InChI=1S/C12H16N4O4/c13-12(14-18)10-6-8(16(19)20)3-4-11(10)15-5-1-2-9(15)7-17/h3-4,6,9,17-18H,1-2,5,7H2,(H2,13,14). The molecule has 1 saturated heterocycles. The van der Waals surface area contributed by atoms with Crippen LogP contribution in [0, 0.1) is 10.1 Å². The Morgan fingerprint density at radius 2 is 2.35 bits per heavy atom. The Hall–Kier alpha value is -2.35. The van der Waals surface area contributed by atoms with Crippen LogP contribution < -0.4 is 10.6 Å². The highest BCUT2D eigenvalue weighted by atomic mass is 16.6. The van der Waals surface area contributed by atoms with Crippen molar-refractivity contribution in [3.8, 4) is 0 Å². The van der Waals surface area contributed by atoms with Crippen LogP contribution in [0.1, 0.15) is 18.4 Å². The van der Waals surface area contributed by atoms with Gasteiger partial charge in [-0.2, -0.15) is 0 Å². The molecule has 0 saturated carbocycles. The molecular weight excluding hydrogens is 264 g/mol. The summed E-state index contributed by atoms with van der Waals surface area (Å²) in [5.41, 5.74) is 6.40. The molecule has 0 amide bonds. The molecule has 20 heavy (non-hydrogen) atoms. The number of aliphatic hydroxyl groups excluding tert-OH is 1. The summed E-state index contributed by atoms with van der Waals surface area (Å²) in [5, 5.41) is 32.0. The third kappa shape index (κ3) is 2.50. The Labute approximate surface area is 115 Å². The van der Waals surface area contributed by atoms with Gasteiger partial charge in [0.1, 0.15) is 0 Å². The zero-order valence-corrected chi connectivity index (χ0v) is 10.8. The maximum absolute atomic E-state index is 10.8. The molecule has 1 unspecified atom stereocenters. The highest BCUT2D eigenvalue weighted by molar-refractivity contribution is 6.03. The van der Waals surface area contributed by atoms with Gasteiger partial charge in [0, 0.05) is 24.4 Å². The van der Waals surface area contributed by atoms with Crippen molar-refractivity contribution in [2.24, 2.45) is 10.9 Å². The lowest BCUT2D eigenvalue weighted by molar-refractivity contribution is -0.384. The molecule has 0 aliphatic carbocycles. The van der Waals surface area contributed by atoms with Gasteiger partial charge in [-0.3, -0.25) is 10.1 Å². The molecule has 1 aromatic rings. The van der Waals surface area contributed by atoms with E-state index in [-0.39, 0.29) is 24.2 Å². The SMILES string of the molecule is NC(=NO)c1cc([N+](=O)[O-])ccc1N1CCCC1CO. The third-order valence-electron chi connectivity index (χ3n) is 3.47. The molecule has 2 rings (SSSR count). The Kier molecular flexibility index (Phi) is 4.04. The van der Waals surface area contributed by atoms with Crippen LogP contribution in [-0.4, -0.2) is 40.3 Å². The van der Waals surface area contributed by atoms with Crippen molar-refractivity contribution in [2.75, 3.05) is 18.1 Å². The van der Waals surface area contributed by atoms with Gasteiger partial charge in [-0.15, -0.1) is 0 Å². The lowest BCUT2D eigenvalue weighted by Gasteiger charge is -2.27. The van der Waals surface area contributed by atoms with Crippen LogP contribution >= 0.6 is 0 Å². The summed E-state index contributed by atoms with van der Waals surface area (Å²) in [4.78, 5) is 12.2. The first-order valence-electron chi connectivity index (χ1n) is 6.22. The van der Waals surface area contributed by atoms with Crippen LogP contribution in [0.15, 0.2) is 23.4 Å². The first kappa shape index (κ1) is 14.1. The predicted octanol–water partition coefficient (Wildman–Crippen LogP) is 0.650. The first-order valence-corrected chi connectivity index (χ1v) is 6.22. The molecule has 108 valence electrons. The van der Waals surface area contributed by atoms with Crippen molar-refractivity contribution in [1.82, 2.24) is 0 Å². The number of rotatable bonds is 4. The van der Waals surface area contributed by atoms with Crippen molar-refractivity contribution >= 4 is 17.2 Å². The Morgan fingerprint density at radius 1 is 1.60 bits per heavy atom. The molecule has 4 N–H and O–H groups in total. The lowest BCUT2D eigenvalue weighted by atomic mass is 10.1. The van der Waals surface area contributed by atoms with Gasteiger partial charge in [-0.05, 0) is 18.9 Å². The number of oxime groups is 1. The summed E-state index contributed by atoms with van der Waals surface area (Å²) in [5.74, 6) is -0.188. The maximum atomic E-state index is 10.8. The van der Waals surface area contributed by atoms with E-state index >= 15 is 0 Å². The second-order valence-corrected chi connectivity index (χ2v) is 4.62. The molecule has 8 heteroatoms. The summed E-state index contributed by atoms with van der Waals surface area (Å²) in [6, 6.07) is 4.16. The fraction of sp³-hybridized carbons (Fsp3) is 0.417. The number of nitro groups is 1. The highest BCUT2D eigenvalue weighted by Crippen LogP contribution is 2.31. The summed E-state index contributed by atoms with van der Waals surface area (Å²) < 4.78 is 0. The monoisotopic (exact) mass is 280 g/mol. The largest absolute Gasteiger partial charge is 0.409 e. The van der Waals surface area contributed by atoms with Gasteiger partial charge >= 0.3 is 0 Å². The molecular formula is C12H16N4O4. The van der Waals surface area contributed by atoms with E-state index in [4.69, 9.17) is 10.9 Å². The summed E-state index contributed by atoms with van der Waals surface area (Å²) in [6.07, 6.45) is 1.75. The number of aliphatic hydroxyl groups is 1. The van der Waals surface area contributed by atoms with Gasteiger partial charge < -0.3 is 20.9 Å². The van der Waals surface area contributed by atoms with E-state index in [1.807, 2.05) is 4.90 Å². The number of nitro benzene ring substituents is 1. The zero-order valence-electron chi connectivity index (χ0n) is 10.8. The number of hydrogen-bond acceptors (Lipinski definition) is 6. The number of anilines is 1. The number of amidine groups is 1. The van der Waals surface area contributed by atoms with E-state index in [9.17, 15) is 15.2 Å². The molecule has 1 heterocycles. The van der Waals surface area contributed by atoms with E-state index in [1.54, 1.807) is 6.07 Å². The molecule has 1 aliphatic heterocycles. The van der Waals surface area contributed by atoms with Crippen LogP contribution in [0.2, 0.25) is 0 Å². The fourth-order valence-corrected chi connectivity index (χ4v) is 2.49. The van der Waals surface area contributed by atoms with Gasteiger partial charge in [0.15, 0.2) is 5.84 Å². The van der Waals surface area contributed by atoms with Crippen LogP contribution in [0.3, 0.4) is 0 Å². The molecule has 1 fully saturated rings. The molecule has 0 aromatic heterocycles. The van der Waals surface area contributed by atoms with Crippen LogP contribution in [0.5, 0.6) is 0 Å². The van der Waals surface area contributed by atoms with Gasteiger partial charge in [0.05, 0.1) is 23.1 Å². The number of nitrogens with zero attached hydrogens (tertiary/aromatic N) is 3. The second kappa shape index (κ2) is 5.74. The molecule has 1 aliphatic rings. The number of benzene rings is 1. The van der Waals surface area contributed by atoms with Gasteiger partial charge in [0.2, 0.25) is 0 Å². The molecule has 0 spiro atoms. The second-order valence-electron chi connectivity index (χ2n) is 4.62. The van der Waals surface area contributed by atoms with Gasteiger partial charge in [-0.25, -0.2) is 0 Å². The quantitative estimate of drug-likeness (QED) is 0.244. The number of nitrogens with two attached hydrogens (primary N) is 1. The van der Waals surface area contributed by atoms with E-state index in [1.165, 1.54) is 12.1 Å². The van der Waals surface area contributed by atoms with Crippen molar-refractivity contribution in [2.45, 2.75) is 18.9 Å². The van der Waals surface area contributed by atoms with E-state index in [0.717, 1.165) is 19.4 Å². The maximum Gasteiger partial charge on any atom is 0.270 e. The predicted molar refractivity (Wildman–Crippen MR) is 73.1 cm³/mol. The van der Waals surface area contributed by atoms with Crippen molar-refractivity contribution < 1.29 is 15.2 Å². The number of hydrogen-bond donors (Lipinski definition) is 3. The topological polar surface area (TPSA) is 125 Å². The normalized spacial score (nSPS) is 19.4. The van der Waals surface area contributed by atoms with Gasteiger partial charge in [-0.1, -0.05) is 5.16 Å². The minimum atomic E-state index is -0.536. The average molecular weight is 280 g/mol. The number of non-ortho nitro benzene ring substituents is 1. The third-order valence-corrected chi connectivity index (χ3v) is 3.47. The molecule has 1 aromatic carbocycles. The minimum Gasteiger partial charge on any atom is -0.409 e. The van der Waals surface area contributed by atoms with E-state index in [0.29, 0.717) is 11.3 Å². The van der Waals surface area contributed by atoms with Crippen molar-refractivity contribution in [3.63, 3.8) is 0 Å². The van der Waals surface area contributed by atoms with Crippen LogP contribution in [0.25, 0.3) is 0 Å². The van der Waals surface area contributed by atoms with E-state index in [2.05, 4.69) is 5.16 Å². The summed E-state index contributed by atoms with van der Waals surface area (Å²) in [7, 11) is 0. The van der Waals surface area contributed by atoms with Crippen LogP contribution in [0.4, 0.5) is 11.4 Å². The van der Waals surface area contributed by atoms with Crippen LogP contribution in [-0.2, 0) is 0 Å². The smallest absolute Gasteiger partial charge is 0.270 e. The fourth-order valence-electron chi connectivity index (χ4n) is 2.49. The minimum absolute atomic E-state index is 0.00734. The molecule has 0 radical (unpaired) electrons. The van der Waals surface area contributed by atoms with Crippen molar-refractivity contribution in [1.29, 1.82) is 0 Å². The molecule has 8 nitrogen and oxygen atoms in total. The Morgan fingerprint density at radius 3 is 2.95 bits per heavy atom. The molecule has 1 atom stereocenters. The van der Waals surface area contributed by atoms with Crippen molar-refractivity contribution in [3.05, 3.63) is 33.9 Å². The van der Waals surface area contributed by atoms with E-state index < -0.39 is 4.92 Å². The Bertz CT molecular complexity index is 546. The lowest BCUT2D eigenvalue weighted by Crippen LogP contribution is -2.34. The van der Waals surface area contributed by atoms with Gasteiger partial charge in [0.25, 0.3) is 5.69 Å². The molecule has 0 bridgehead atoms. The zero-order chi connectivity index (χ0) is 14.7. The first-order chi connectivity index (χ1) is 9.58. The summed E-state index contributed by atoms with van der Waals surface area (Å²) in [6.45, 7) is 0.710. The highest BCUT2D eigenvalue weighted by Gasteiger charge is 2.27. The Balaban J connectivity index is 2.49.